The molecular formula is C15H15NO3. The van der Waals surface area contributed by atoms with Crippen LogP contribution in [0.25, 0.3) is 10.8 Å². The van der Waals surface area contributed by atoms with Gasteiger partial charge in [-0.2, -0.15) is 0 Å². The highest BCUT2D eigenvalue weighted by Crippen LogP contribution is 2.27. The van der Waals surface area contributed by atoms with Crippen molar-refractivity contribution in [2.24, 2.45) is 0 Å². The first-order valence-corrected chi connectivity index (χ1v) is 6.02. The minimum absolute atomic E-state index is 0.231. The van der Waals surface area contributed by atoms with Crippen LogP contribution in [-0.4, -0.2) is 25.3 Å². The lowest BCUT2D eigenvalue weighted by Crippen LogP contribution is -2.33. The van der Waals surface area contributed by atoms with Gasteiger partial charge in [-0.1, -0.05) is 30.3 Å². The summed E-state index contributed by atoms with van der Waals surface area (Å²) in [6, 6.07) is 11.1. The Hall–Kier alpha value is -2.36. The summed E-state index contributed by atoms with van der Waals surface area (Å²) in [4.78, 5) is 22.7. The Morgan fingerprint density at radius 3 is 2.68 bits per heavy atom. The van der Waals surface area contributed by atoms with E-state index >= 15 is 0 Å². The van der Waals surface area contributed by atoms with Crippen molar-refractivity contribution in [1.29, 1.82) is 0 Å². The van der Waals surface area contributed by atoms with Gasteiger partial charge in [-0.05, 0) is 23.8 Å². The Bertz CT molecular complexity index is 622. The van der Waals surface area contributed by atoms with Crippen molar-refractivity contribution >= 4 is 23.0 Å². The third-order valence-electron chi connectivity index (χ3n) is 2.97. The van der Waals surface area contributed by atoms with Crippen LogP contribution < -0.4 is 10.1 Å². The average Bonchev–Trinajstić information content (AvgIpc) is 2.46. The zero-order chi connectivity index (χ0) is 13.8. The maximum absolute atomic E-state index is 11.5. The van der Waals surface area contributed by atoms with E-state index in [0.29, 0.717) is 11.3 Å². The summed E-state index contributed by atoms with van der Waals surface area (Å²) in [5.74, 6) is 0.190. The van der Waals surface area contributed by atoms with E-state index in [9.17, 15) is 9.59 Å². The number of ether oxygens (including phenoxy) is 1. The molecule has 0 spiro atoms. The molecule has 4 nitrogen and oxygen atoms in total. The molecule has 0 fully saturated rings. The monoisotopic (exact) mass is 257 g/mol. The van der Waals surface area contributed by atoms with Crippen LogP contribution >= 0.6 is 0 Å². The molecule has 1 unspecified atom stereocenters. The Labute approximate surface area is 111 Å². The van der Waals surface area contributed by atoms with Gasteiger partial charge in [0.05, 0.1) is 5.56 Å². The summed E-state index contributed by atoms with van der Waals surface area (Å²) in [5, 5.41) is 4.29. The number of benzene rings is 2. The van der Waals surface area contributed by atoms with Gasteiger partial charge in [-0.25, -0.2) is 0 Å². The van der Waals surface area contributed by atoms with Gasteiger partial charge >= 0.3 is 0 Å². The Morgan fingerprint density at radius 1 is 1.26 bits per heavy atom. The van der Waals surface area contributed by atoms with Gasteiger partial charge in [0.25, 0.3) is 5.91 Å². The van der Waals surface area contributed by atoms with Gasteiger partial charge in [0.15, 0.2) is 12.4 Å². The number of rotatable bonds is 4. The predicted octanol–water partition coefficient (Wildman–Crippen LogP) is 2.17. The van der Waals surface area contributed by atoms with Gasteiger partial charge < -0.3 is 10.1 Å². The van der Waals surface area contributed by atoms with E-state index < -0.39 is 6.10 Å². The minimum Gasteiger partial charge on any atom is -0.480 e. The smallest absolute Gasteiger partial charge is 0.260 e. The lowest BCUT2D eigenvalue weighted by atomic mass is 10.0. The quantitative estimate of drug-likeness (QED) is 0.854. The van der Waals surface area contributed by atoms with Crippen LogP contribution in [0.15, 0.2) is 36.4 Å². The molecular weight excluding hydrogens is 242 g/mol. The van der Waals surface area contributed by atoms with Crippen molar-refractivity contribution in [2.75, 3.05) is 7.05 Å². The van der Waals surface area contributed by atoms with Crippen molar-refractivity contribution in [1.82, 2.24) is 5.32 Å². The number of carbonyl (C=O) groups excluding carboxylic acids is 2. The Morgan fingerprint density at radius 2 is 2.00 bits per heavy atom. The van der Waals surface area contributed by atoms with E-state index in [1.54, 1.807) is 20.0 Å². The maximum Gasteiger partial charge on any atom is 0.260 e. The Balaban J connectivity index is 2.43. The average molecular weight is 257 g/mol. The molecule has 0 radical (unpaired) electrons. The summed E-state index contributed by atoms with van der Waals surface area (Å²) in [5.41, 5.74) is 0.467. The summed E-state index contributed by atoms with van der Waals surface area (Å²) in [7, 11) is 1.54. The lowest BCUT2D eigenvalue weighted by Gasteiger charge is -2.15. The molecule has 0 heterocycles. The van der Waals surface area contributed by atoms with Gasteiger partial charge in [-0.15, -0.1) is 0 Å². The molecule has 2 rings (SSSR count). The number of aldehydes is 1. The van der Waals surface area contributed by atoms with Crippen LogP contribution in [0.5, 0.6) is 5.75 Å². The molecule has 0 aliphatic rings. The fourth-order valence-corrected chi connectivity index (χ4v) is 1.95. The number of amides is 1. The number of nitrogens with one attached hydrogen (secondary N) is 1. The molecule has 98 valence electrons. The van der Waals surface area contributed by atoms with Crippen LogP contribution in [0.3, 0.4) is 0 Å². The summed E-state index contributed by atoms with van der Waals surface area (Å²) in [6.45, 7) is 1.64. The van der Waals surface area contributed by atoms with Crippen molar-refractivity contribution in [2.45, 2.75) is 13.0 Å². The zero-order valence-corrected chi connectivity index (χ0v) is 10.8. The van der Waals surface area contributed by atoms with Crippen LogP contribution in [-0.2, 0) is 4.79 Å². The van der Waals surface area contributed by atoms with Crippen molar-refractivity contribution in [3.05, 3.63) is 42.0 Å². The van der Waals surface area contributed by atoms with Gasteiger partial charge in [0.1, 0.15) is 5.75 Å². The first kappa shape index (κ1) is 13.1. The summed E-state index contributed by atoms with van der Waals surface area (Å²) >= 11 is 0. The topological polar surface area (TPSA) is 55.4 Å². The molecule has 2 aromatic rings. The SMILES string of the molecule is CNC(=O)C(C)Oc1ccc2ccccc2c1C=O. The number of hydrogen-bond acceptors (Lipinski definition) is 3. The largest absolute Gasteiger partial charge is 0.480 e. The molecule has 2 aromatic carbocycles. The number of fused-ring (bicyclic) bond motifs is 1. The highest BCUT2D eigenvalue weighted by Gasteiger charge is 2.15. The molecule has 19 heavy (non-hydrogen) atoms. The van der Waals surface area contributed by atoms with Crippen LogP contribution in [0.1, 0.15) is 17.3 Å². The fourth-order valence-electron chi connectivity index (χ4n) is 1.95. The van der Waals surface area contributed by atoms with E-state index in [-0.39, 0.29) is 5.91 Å². The third kappa shape index (κ3) is 2.57. The molecule has 0 saturated carbocycles. The molecule has 0 aliphatic carbocycles. The second-order valence-corrected chi connectivity index (χ2v) is 4.19. The number of hydrogen-bond donors (Lipinski definition) is 1. The standard InChI is InChI=1S/C15H15NO3/c1-10(15(18)16-2)19-14-8-7-11-5-3-4-6-12(11)13(14)9-17/h3-10H,1-2H3,(H,16,18). The first-order chi connectivity index (χ1) is 9.17. The van der Waals surface area contributed by atoms with E-state index in [0.717, 1.165) is 17.1 Å². The number of likely N-dealkylation sites (N-methyl/N-ethyl adjacent to an activating group) is 1. The van der Waals surface area contributed by atoms with Crippen LogP contribution in [0.4, 0.5) is 0 Å². The van der Waals surface area contributed by atoms with E-state index in [2.05, 4.69) is 5.32 Å². The zero-order valence-electron chi connectivity index (χ0n) is 10.8. The lowest BCUT2D eigenvalue weighted by molar-refractivity contribution is -0.126. The Kier molecular flexibility index (Phi) is 3.80. The first-order valence-electron chi connectivity index (χ1n) is 6.02. The minimum atomic E-state index is -0.648. The highest BCUT2D eigenvalue weighted by molar-refractivity contribution is 6.00. The molecule has 1 N–H and O–H groups in total. The number of carbonyl (C=O) groups is 2. The van der Waals surface area contributed by atoms with Crippen molar-refractivity contribution in [3.63, 3.8) is 0 Å². The van der Waals surface area contributed by atoms with Crippen molar-refractivity contribution in [3.8, 4) is 5.75 Å². The molecule has 1 atom stereocenters. The van der Waals surface area contributed by atoms with Crippen LogP contribution in [0.2, 0.25) is 0 Å². The van der Waals surface area contributed by atoms with Gasteiger partial charge in [0, 0.05) is 7.05 Å². The normalized spacial score (nSPS) is 11.9. The summed E-state index contributed by atoms with van der Waals surface area (Å²) in [6.07, 6.45) is 0.110. The van der Waals surface area contributed by atoms with Crippen molar-refractivity contribution < 1.29 is 14.3 Å². The molecule has 0 saturated heterocycles. The van der Waals surface area contributed by atoms with Gasteiger partial charge in [0.2, 0.25) is 0 Å². The van der Waals surface area contributed by atoms with E-state index in [4.69, 9.17) is 4.74 Å². The summed E-state index contributed by atoms with van der Waals surface area (Å²) < 4.78 is 5.55. The molecule has 0 bridgehead atoms. The fraction of sp³-hybridized carbons (Fsp3) is 0.200. The van der Waals surface area contributed by atoms with Crippen LogP contribution in [0, 0.1) is 0 Å². The molecule has 0 aliphatic heterocycles. The molecule has 1 amide bonds. The predicted molar refractivity (Wildman–Crippen MR) is 73.5 cm³/mol. The molecule has 4 heteroatoms. The second kappa shape index (κ2) is 5.52. The second-order valence-electron chi connectivity index (χ2n) is 4.19. The maximum atomic E-state index is 11.5. The van der Waals surface area contributed by atoms with E-state index in [1.807, 2.05) is 30.3 Å². The van der Waals surface area contributed by atoms with E-state index in [1.165, 1.54) is 0 Å². The van der Waals surface area contributed by atoms with Gasteiger partial charge in [-0.3, -0.25) is 9.59 Å². The molecule has 0 aromatic heterocycles. The third-order valence-corrected chi connectivity index (χ3v) is 2.97. The highest BCUT2D eigenvalue weighted by atomic mass is 16.5.